The summed E-state index contributed by atoms with van der Waals surface area (Å²) < 4.78 is 1.10. The van der Waals surface area contributed by atoms with Gasteiger partial charge in [-0.2, -0.15) is 0 Å². The lowest BCUT2D eigenvalue weighted by atomic mass is 10.0. The normalized spacial score (nSPS) is 18.6. The van der Waals surface area contributed by atoms with Gasteiger partial charge in [-0.1, -0.05) is 12.8 Å². The van der Waals surface area contributed by atoms with E-state index in [1.165, 1.54) is 0 Å². The fourth-order valence-corrected chi connectivity index (χ4v) is 3.31. The Kier molecular flexibility index (Phi) is 3.86. The van der Waals surface area contributed by atoms with Crippen LogP contribution in [-0.4, -0.2) is 23.2 Å². The Morgan fingerprint density at radius 1 is 1.56 bits per heavy atom. The van der Waals surface area contributed by atoms with E-state index < -0.39 is 5.60 Å². The van der Waals surface area contributed by atoms with Crippen LogP contribution in [0, 0.1) is 2.88 Å². The molecule has 3 nitrogen and oxygen atoms in total. The van der Waals surface area contributed by atoms with E-state index in [0.717, 1.165) is 28.6 Å². The molecule has 0 atom stereocenters. The molecule has 1 heterocycles. The molecule has 1 aliphatic rings. The van der Waals surface area contributed by atoms with Crippen LogP contribution in [0.25, 0.3) is 0 Å². The quantitative estimate of drug-likeness (QED) is 0.822. The summed E-state index contributed by atoms with van der Waals surface area (Å²) >= 11 is 3.75. The van der Waals surface area contributed by atoms with Crippen molar-refractivity contribution in [3.05, 3.63) is 19.9 Å². The first kappa shape index (κ1) is 12.3. The third-order valence-electron chi connectivity index (χ3n) is 2.94. The molecule has 1 fully saturated rings. The molecule has 1 amide bonds. The lowest BCUT2D eigenvalue weighted by Crippen LogP contribution is -2.40. The summed E-state index contributed by atoms with van der Waals surface area (Å²) in [4.78, 5) is 11.7. The van der Waals surface area contributed by atoms with Crippen LogP contribution >= 0.6 is 33.9 Å². The summed E-state index contributed by atoms with van der Waals surface area (Å²) in [5, 5.41) is 14.7. The number of amides is 1. The van der Waals surface area contributed by atoms with Crippen LogP contribution in [0.4, 0.5) is 0 Å². The van der Waals surface area contributed by atoms with Gasteiger partial charge in [-0.05, 0) is 41.5 Å². The van der Waals surface area contributed by atoms with Gasteiger partial charge >= 0.3 is 0 Å². The highest BCUT2D eigenvalue weighted by Gasteiger charge is 2.31. The van der Waals surface area contributed by atoms with Gasteiger partial charge < -0.3 is 10.4 Å². The molecule has 1 aromatic heterocycles. The first-order chi connectivity index (χ1) is 7.59. The molecule has 1 aromatic rings. The number of carbonyl (C=O) groups excluding carboxylic acids is 1. The van der Waals surface area contributed by atoms with Crippen molar-refractivity contribution in [3.63, 3.8) is 0 Å². The topological polar surface area (TPSA) is 49.3 Å². The average molecular weight is 351 g/mol. The summed E-state index contributed by atoms with van der Waals surface area (Å²) in [6, 6.07) is 1.86. The minimum atomic E-state index is -0.668. The van der Waals surface area contributed by atoms with Gasteiger partial charge in [-0.3, -0.25) is 4.79 Å². The number of hydrogen-bond acceptors (Lipinski definition) is 3. The molecule has 0 aliphatic heterocycles. The van der Waals surface area contributed by atoms with E-state index in [9.17, 15) is 9.90 Å². The fraction of sp³-hybridized carbons (Fsp3) is 0.545. The lowest BCUT2D eigenvalue weighted by Gasteiger charge is -2.22. The van der Waals surface area contributed by atoms with E-state index in [1.807, 2.05) is 11.4 Å². The molecule has 0 spiro atoms. The first-order valence-electron chi connectivity index (χ1n) is 5.34. The van der Waals surface area contributed by atoms with Crippen molar-refractivity contribution >= 4 is 39.8 Å². The van der Waals surface area contributed by atoms with Crippen LogP contribution in [0.1, 0.15) is 36.0 Å². The predicted octanol–water partition coefficient (Wildman–Crippen LogP) is 2.39. The van der Waals surface area contributed by atoms with Gasteiger partial charge in [0.1, 0.15) is 0 Å². The predicted molar refractivity (Wildman–Crippen MR) is 72.8 cm³/mol. The van der Waals surface area contributed by atoms with Crippen molar-refractivity contribution in [2.75, 3.05) is 6.54 Å². The molecule has 0 radical (unpaired) electrons. The molecule has 2 rings (SSSR count). The number of rotatable bonds is 3. The molecule has 0 aromatic carbocycles. The zero-order chi connectivity index (χ0) is 11.6. The summed E-state index contributed by atoms with van der Waals surface area (Å²) in [5.74, 6) is -0.0838. The smallest absolute Gasteiger partial charge is 0.252 e. The van der Waals surface area contributed by atoms with Gasteiger partial charge in [0.25, 0.3) is 5.91 Å². The minimum absolute atomic E-state index is 0.0838. The Morgan fingerprint density at radius 3 is 2.81 bits per heavy atom. The number of thiophene rings is 1. The molecule has 2 N–H and O–H groups in total. The number of carbonyl (C=O) groups is 1. The third-order valence-corrected chi connectivity index (χ3v) is 4.73. The van der Waals surface area contributed by atoms with E-state index in [2.05, 4.69) is 27.9 Å². The van der Waals surface area contributed by atoms with Crippen molar-refractivity contribution in [3.8, 4) is 0 Å². The average Bonchev–Trinajstić information content (AvgIpc) is 2.85. The lowest BCUT2D eigenvalue weighted by molar-refractivity contribution is 0.0450. The second kappa shape index (κ2) is 5.01. The SMILES string of the molecule is O=C(NCC1(O)CCCC1)c1csc(I)c1. The Labute approximate surface area is 112 Å². The molecular weight excluding hydrogens is 337 g/mol. The molecule has 0 bridgehead atoms. The van der Waals surface area contributed by atoms with Crippen LogP contribution in [0.5, 0.6) is 0 Å². The summed E-state index contributed by atoms with van der Waals surface area (Å²) in [5.41, 5.74) is 0.0229. The maximum atomic E-state index is 11.7. The highest BCUT2D eigenvalue weighted by Crippen LogP contribution is 2.28. The van der Waals surface area contributed by atoms with Crippen molar-refractivity contribution in [2.45, 2.75) is 31.3 Å². The molecule has 0 unspecified atom stereocenters. The van der Waals surface area contributed by atoms with Crippen molar-refractivity contribution in [1.29, 1.82) is 0 Å². The minimum Gasteiger partial charge on any atom is -0.388 e. The van der Waals surface area contributed by atoms with Crippen molar-refractivity contribution in [1.82, 2.24) is 5.32 Å². The van der Waals surface area contributed by atoms with E-state index in [1.54, 1.807) is 11.3 Å². The number of hydrogen-bond donors (Lipinski definition) is 2. The zero-order valence-corrected chi connectivity index (χ0v) is 11.8. The van der Waals surface area contributed by atoms with E-state index in [4.69, 9.17) is 0 Å². The number of nitrogens with one attached hydrogen (secondary N) is 1. The van der Waals surface area contributed by atoms with Crippen molar-refractivity contribution < 1.29 is 9.90 Å². The van der Waals surface area contributed by atoms with Crippen LogP contribution < -0.4 is 5.32 Å². The van der Waals surface area contributed by atoms with E-state index in [-0.39, 0.29) is 5.91 Å². The maximum Gasteiger partial charge on any atom is 0.252 e. The third kappa shape index (κ3) is 2.95. The molecule has 88 valence electrons. The van der Waals surface area contributed by atoms with Crippen molar-refractivity contribution in [2.24, 2.45) is 0 Å². The van der Waals surface area contributed by atoms with E-state index in [0.29, 0.717) is 12.1 Å². The molecule has 1 saturated carbocycles. The largest absolute Gasteiger partial charge is 0.388 e. The molecule has 0 saturated heterocycles. The number of halogens is 1. The van der Waals surface area contributed by atoms with Crippen LogP contribution in [0.3, 0.4) is 0 Å². The highest BCUT2D eigenvalue weighted by atomic mass is 127. The monoisotopic (exact) mass is 351 g/mol. The molecule has 1 aliphatic carbocycles. The zero-order valence-electron chi connectivity index (χ0n) is 8.83. The van der Waals surface area contributed by atoms with Crippen LogP contribution in [0.15, 0.2) is 11.4 Å². The second-order valence-corrected chi connectivity index (χ2v) is 7.06. The molecular formula is C11H14INO2S. The Bertz CT molecular complexity index is 385. The summed E-state index contributed by atoms with van der Waals surface area (Å²) in [6.45, 7) is 0.373. The summed E-state index contributed by atoms with van der Waals surface area (Å²) in [7, 11) is 0. The second-order valence-electron chi connectivity index (χ2n) is 4.25. The van der Waals surface area contributed by atoms with Crippen LogP contribution in [0.2, 0.25) is 0 Å². The Balaban J connectivity index is 1.88. The molecule has 5 heteroatoms. The maximum absolute atomic E-state index is 11.7. The standard InChI is InChI=1S/C11H14INO2S/c12-9-5-8(6-16-9)10(14)13-7-11(15)3-1-2-4-11/h5-6,15H,1-4,7H2,(H,13,14). The van der Waals surface area contributed by atoms with Gasteiger partial charge in [-0.25, -0.2) is 0 Å². The Hall–Kier alpha value is -0.140. The van der Waals surface area contributed by atoms with Gasteiger partial charge in [0.15, 0.2) is 0 Å². The highest BCUT2D eigenvalue weighted by molar-refractivity contribution is 14.1. The fourth-order valence-electron chi connectivity index (χ4n) is 1.99. The summed E-state index contributed by atoms with van der Waals surface area (Å²) in [6.07, 6.45) is 3.72. The number of aliphatic hydroxyl groups is 1. The van der Waals surface area contributed by atoms with Crippen LogP contribution in [-0.2, 0) is 0 Å². The molecule has 16 heavy (non-hydrogen) atoms. The van der Waals surface area contributed by atoms with Gasteiger partial charge in [0, 0.05) is 11.9 Å². The van der Waals surface area contributed by atoms with E-state index >= 15 is 0 Å². The first-order valence-corrected chi connectivity index (χ1v) is 7.30. The van der Waals surface area contributed by atoms with Gasteiger partial charge in [0.05, 0.1) is 14.0 Å². The van der Waals surface area contributed by atoms with Gasteiger partial charge in [0.2, 0.25) is 0 Å². The van der Waals surface area contributed by atoms with Gasteiger partial charge in [-0.15, -0.1) is 11.3 Å². The Morgan fingerprint density at radius 2 is 2.25 bits per heavy atom.